The number of hydrogen-bond donors (Lipinski definition) is 2. The maximum atomic E-state index is 11.7. The number of carbonyl (C=O) groups excluding carboxylic acids is 1. The smallest absolute Gasteiger partial charge is 0.271 e. The predicted octanol–water partition coefficient (Wildman–Crippen LogP) is 2.67. The van der Waals surface area contributed by atoms with Crippen LogP contribution in [0.15, 0.2) is 36.7 Å². The number of hydrogen-bond acceptors (Lipinski definition) is 4. The average molecular weight is 270 g/mol. The Hall–Kier alpha value is -2.43. The zero-order valence-electron chi connectivity index (χ0n) is 11.7. The Bertz CT molecular complexity index is 581. The molecular weight excluding hydrogens is 252 g/mol. The topological polar surface area (TPSA) is 66.9 Å². The van der Waals surface area contributed by atoms with E-state index in [1.54, 1.807) is 6.20 Å². The van der Waals surface area contributed by atoms with E-state index in [9.17, 15) is 4.79 Å². The summed E-state index contributed by atoms with van der Waals surface area (Å²) in [6.07, 6.45) is 3.94. The van der Waals surface area contributed by atoms with Gasteiger partial charge in [-0.3, -0.25) is 4.79 Å². The van der Waals surface area contributed by atoms with Gasteiger partial charge < -0.3 is 10.6 Å². The van der Waals surface area contributed by atoms with E-state index >= 15 is 0 Å². The molecule has 0 saturated heterocycles. The minimum Gasteiger partial charge on any atom is -0.351 e. The summed E-state index contributed by atoms with van der Waals surface area (Å²) in [6, 6.07) is 7.92. The summed E-state index contributed by atoms with van der Waals surface area (Å²) in [5.41, 5.74) is 2.43. The van der Waals surface area contributed by atoms with Crippen LogP contribution >= 0.6 is 0 Å². The number of nitrogens with one attached hydrogen (secondary N) is 2. The minimum atomic E-state index is -0.193. The summed E-state index contributed by atoms with van der Waals surface area (Å²) in [5, 5.41) is 5.94. The third-order valence-corrected chi connectivity index (χ3v) is 2.83. The molecule has 0 saturated carbocycles. The third kappa shape index (κ3) is 3.54. The van der Waals surface area contributed by atoms with Crippen molar-refractivity contribution in [1.82, 2.24) is 15.3 Å². The van der Waals surface area contributed by atoms with Gasteiger partial charge in [-0.2, -0.15) is 0 Å². The van der Waals surface area contributed by atoms with Crippen LogP contribution in [0, 0.1) is 6.92 Å². The Kier molecular flexibility index (Phi) is 4.65. The summed E-state index contributed by atoms with van der Waals surface area (Å²) in [5.74, 6) is 0.424. The Morgan fingerprint density at radius 1 is 1.20 bits per heavy atom. The van der Waals surface area contributed by atoms with Gasteiger partial charge in [0.2, 0.25) is 0 Å². The van der Waals surface area contributed by atoms with E-state index in [-0.39, 0.29) is 5.91 Å². The molecule has 20 heavy (non-hydrogen) atoms. The molecule has 0 aliphatic rings. The number of para-hydroxylation sites is 1. The molecule has 1 aromatic carbocycles. The fourth-order valence-corrected chi connectivity index (χ4v) is 1.69. The number of rotatable bonds is 5. The van der Waals surface area contributed by atoms with Gasteiger partial charge in [0.05, 0.1) is 12.4 Å². The summed E-state index contributed by atoms with van der Waals surface area (Å²) in [4.78, 5) is 20.0. The van der Waals surface area contributed by atoms with Crippen molar-refractivity contribution in [2.75, 3.05) is 11.9 Å². The van der Waals surface area contributed by atoms with Gasteiger partial charge in [0.1, 0.15) is 11.5 Å². The van der Waals surface area contributed by atoms with Crippen molar-refractivity contribution < 1.29 is 4.79 Å². The van der Waals surface area contributed by atoms with Crippen LogP contribution in [-0.2, 0) is 0 Å². The van der Waals surface area contributed by atoms with Crippen LogP contribution in [0.3, 0.4) is 0 Å². The van der Waals surface area contributed by atoms with E-state index in [0.29, 0.717) is 18.1 Å². The van der Waals surface area contributed by atoms with Crippen LogP contribution in [0.1, 0.15) is 29.4 Å². The summed E-state index contributed by atoms with van der Waals surface area (Å²) in [6.45, 7) is 4.66. The third-order valence-electron chi connectivity index (χ3n) is 2.83. The van der Waals surface area contributed by atoms with Crippen molar-refractivity contribution in [3.63, 3.8) is 0 Å². The first-order valence-corrected chi connectivity index (χ1v) is 6.63. The molecule has 2 aromatic rings. The van der Waals surface area contributed by atoms with Crippen LogP contribution in [0.25, 0.3) is 0 Å². The molecule has 0 unspecified atom stereocenters. The van der Waals surface area contributed by atoms with Crippen LogP contribution in [0.5, 0.6) is 0 Å². The Morgan fingerprint density at radius 3 is 2.65 bits per heavy atom. The van der Waals surface area contributed by atoms with Gasteiger partial charge in [0.15, 0.2) is 0 Å². The molecule has 0 spiro atoms. The molecule has 0 aliphatic heterocycles. The largest absolute Gasteiger partial charge is 0.351 e. The number of aryl methyl sites for hydroxylation is 1. The fraction of sp³-hybridized carbons (Fsp3) is 0.267. The van der Waals surface area contributed by atoms with Crippen LogP contribution in [-0.4, -0.2) is 22.4 Å². The summed E-state index contributed by atoms with van der Waals surface area (Å²) < 4.78 is 0. The van der Waals surface area contributed by atoms with Crippen molar-refractivity contribution in [3.05, 3.63) is 47.9 Å². The van der Waals surface area contributed by atoms with Gasteiger partial charge in [-0.1, -0.05) is 25.1 Å². The van der Waals surface area contributed by atoms with Crippen molar-refractivity contribution in [2.24, 2.45) is 0 Å². The van der Waals surface area contributed by atoms with E-state index in [4.69, 9.17) is 0 Å². The molecule has 1 amide bonds. The molecule has 0 aliphatic carbocycles. The standard InChI is InChI=1S/C15H18N4O/c1-3-8-16-15(20)13-9-18-14(10-17-13)19-12-7-5-4-6-11(12)2/h4-7,9-10H,3,8H2,1-2H3,(H,16,20)(H,18,19). The van der Waals surface area contributed by atoms with Crippen LogP contribution in [0.2, 0.25) is 0 Å². The zero-order chi connectivity index (χ0) is 14.4. The van der Waals surface area contributed by atoms with Gasteiger partial charge in [-0.05, 0) is 25.0 Å². The lowest BCUT2D eigenvalue weighted by atomic mass is 10.2. The zero-order valence-corrected chi connectivity index (χ0v) is 11.7. The van der Waals surface area contributed by atoms with Crippen molar-refractivity contribution in [2.45, 2.75) is 20.3 Å². The normalized spacial score (nSPS) is 10.1. The van der Waals surface area contributed by atoms with Gasteiger partial charge in [0, 0.05) is 12.2 Å². The highest BCUT2D eigenvalue weighted by Crippen LogP contribution is 2.17. The highest BCUT2D eigenvalue weighted by molar-refractivity contribution is 5.92. The average Bonchev–Trinajstić information content (AvgIpc) is 2.48. The first kappa shape index (κ1) is 14.0. The second-order valence-corrected chi connectivity index (χ2v) is 4.48. The SMILES string of the molecule is CCCNC(=O)c1cnc(Nc2ccccc2C)cn1. The molecule has 0 bridgehead atoms. The highest BCUT2D eigenvalue weighted by atomic mass is 16.1. The number of aromatic nitrogens is 2. The van der Waals surface area contributed by atoms with Gasteiger partial charge in [-0.25, -0.2) is 9.97 Å². The molecule has 5 nitrogen and oxygen atoms in total. The first-order valence-electron chi connectivity index (χ1n) is 6.63. The monoisotopic (exact) mass is 270 g/mol. The van der Waals surface area contributed by atoms with Gasteiger partial charge >= 0.3 is 0 Å². The molecule has 104 valence electrons. The number of anilines is 2. The van der Waals surface area contributed by atoms with Crippen molar-refractivity contribution >= 4 is 17.4 Å². The molecule has 2 rings (SSSR count). The molecule has 2 N–H and O–H groups in total. The second kappa shape index (κ2) is 6.65. The maximum Gasteiger partial charge on any atom is 0.271 e. The molecule has 1 aromatic heterocycles. The predicted molar refractivity (Wildman–Crippen MR) is 79.1 cm³/mol. The number of nitrogens with zero attached hydrogens (tertiary/aromatic N) is 2. The number of carbonyl (C=O) groups is 1. The second-order valence-electron chi connectivity index (χ2n) is 4.48. The van der Waals surface area contributed by atoms with Crippen molar-refractivity contribution in [1.29, 1.82) is 0 Å². The number of amides is 1. The van der Waals surface area contributed by atoms with Gasteiger partial charge in [-0.15, -0.1) is 0 Å². The molecule has 1 heterocycles. The van der Waals surface area contributed by atoms with E-state index in [1.165, 1.54) is 6.20 Å². The van der Waals surface area contributed by atoms with Crippen molar-refractivity contribution in [3.8, 4) is 0 Å². The lowest BCUT2D eigenvalue weighted by molar-refractivity contribution is 0.0948. The van der Waals surface area contributed by atoms with E-state index in [1.807, 2.05) is 38.1 Å². The molecule has 0 fully saturated rings. The lowest BCUT2D eigenvalue weighted by Gasteiger charge is -2.08. The van der Waals surface area contributed by atoms with Crippen LogP contribution in [0.4, 0.5) is 11.5 Å². The van der Waals surface area contributed by atoms with E-state index < -0.39 is 0 Å². The first-order chi connectivity index (χ1) is 9.70. The van der Waals surface area contributed by atoms with Gasteiger partial charge in [0.25, 0.3) is 5.91 Å². The Labute approximate surface area is 118 Å². The fourth-order valence-electron chi connectivity index (χ4n) is 1.69. The van der Waals surface area contributed by atoms with E-state index in [0.717, 1.165) is 17.7 Å². The van der Waals surface area contributed by atoms with E-state index in [2.05, 4.69) is 20.6 Å². The molecular formula is C15H18N4O. The molecule has 0 atom stereocenters. The minimum absolute atomic E-state index is 0.193. The lowest BCUT2D eigenvalue weighted by Crippen LogP contribution is -2.25. The maximum absolute atomic E-state index is 11.7. The molecule has 0 radical (unpaired) electrons. The quantitative estimate of drug-likeness (QED) is 0.876. The summed E-state index contributed by atoms with van der Waals surface area (Å²) >= 11 is 0. The van der Waals surface area contributed by atoms with Crippen LogP contribution < -0.4 is 10.6 Å². The molecule has 5 heteroatoms. The Morgan fingerprint density at radius 2 is 2.00 bits per heavy atom. The Balaban J connectivity index is 2.05. The number of benzene rings is 1. The summed E-state index contributed by atoms with van der Waals surface area (Å²) in [7, 11) is 0. The highest BCUT2D eigenvalue weighted by Gasteiger charge is 2.07.